The Morgan fingerprint density at radius 2 is 1.79 bits per heavy atom. The second-order valence-corrected chi connectivity index (χ2v) is 8.89. The molecule has 3 rings (SSSR count). The zero-order valence-electron chi connectivity index (χ0n) is 16.1. The highest BCUT2D eigenvalue weighted by molar-refractivity contribution is 7.92. The summed E-state index contributed by atoms with van der Waals surface area (Å²) in [6.07, 6.45) is 4.36. The molecule has 0 saturated heterocycles. The molecule has 7 heteroatoms. The van der Waals surface area contributed by atoms with Crippen LogP contribution >= 0.6 is 0 Å². The second-order valence-electron chi connectivity index (χ2n) is 7.20. The van der Waals surface area contributed by atoms with Crippen molar-refractivity contribution < 1.29 is 17.9 Å². The fraction of sp³-hybridized carbons (Fsp3) is 0.381. The van der Waals surface area contributed by atoms with Crippen molar-refractivity contribution in [3.05, 3.63) is 54.1 Å². The summed E-state index contributed by atoms with van der Waals surface area (Å²) in [5, 5.41) is 3.06. The summed E-state index contributed by atoms with van der Waals surface area (Å²) in [5.41, 5.74) is 0.766. The van der Waals surface area contributed by atoms with Gasteiger partial charge in [0.2, 0.25) is 0 Å². The Kier molecular flexibility index (Phi) is 6.24. The van der Waals surface area contributed by atoms with E-state index in [1.807, 2.05) is 0 Å². The first kappa shape index (κ1) is 20.2. The zero-order chi connectivity index (χ0) is 20.1. The number of carbonyl (C=O) groups is 1. The van der Waals surface area contributed by atoms with Crippen LogP contribution in [0.25, 0.3) is 0 Å². The molecule has 1 aliphatic rings. The number of sulfonamides is 1. The van der Waals surface area contributed by atoms with Crippen LogP contribution in [0.3, 0.4) is 0 Å². The first-order valence-corrected chi connectivity index (χ1v) is 10.9. The van der Waals surface area contributed by atoms with Crippen molar-refractivity contribution in [2.45, 2.75) is 43.5 Å². The highest BCUT2D eigenvalue weighted by atomic mass is 32.2. The lowest BCUT2D eigenvalue weighted by molar-refractivity contribution is 0.0910. The number of ether oxygens (including phenoxy) is 1. The molecule has 0 spiro atoms. The summed E-state index contributed by atoms with van der Waals surface area (Å²) < 4.78 is 33.0. The van der Waals surface area contributed by atoms with E-state index in [2.05, 4.69) is 17.0 Å². The Bertz CT molecular complexity index is 926. The van der Waals surface area contributed by atoms with Gasteiger partial charge in [0.1, 0.15) is 5.75 Å². The summed E-state index contributed by atoms with van der Waals surface area (Å²) in [5.74, 6) is 0.833. The SMILES string of the molecule is COc1ccc(NS(=O)(=O)c2cccc(C(=O)N[C@H]3CCCC[C@H]3C)c2)cc1. The van der Waals surface area contributed by atoms with Gasteiger partial charge >= 0.3 is 0 Å². The molecule has 1 aliphatic carbocycles. The largest absolute Gasteiger partial charge is 0.497 e. The van der Waals surface area contributed by atoms with Crippen LogP contribution in [0.1, 0.15) is 43.0 Å². The maximum Gasteiger partial charge on any atom is 0.261 e. The molecule has 2 aromatic carbocycles. The van der Waals surface area contributed by atoms with Crippen LogP contribution in [-0.4, -0.2) is 27.5 Å². The summed E-state index contributed by atoms with van der Waals surface area (Å²) in [4.78, 5) is 12.7. The second kappa shape index (κ2) is 8.65. The molecule has 28 heavy (non-hydrogen) atoms. The lowest BCUT2D eigenvalue weighted by Crippen LogP contribution is -2.41. The highest BCUT2D eigenvalue weighted by Crippen LogP contribution is 2.24. The van der Waals surface area contributed by atoms with Crippen molar-refractivity contribution in [1.29, 1.82) is 0 Å². The van der Waals surface area contributed by atoms with Gasteiger partial charge in [-0.2, -0.15) is 0 Å². The molecule has 0 bridgehead atoms. The Balaban J connectivity index is 1.74. The average Bonchev–Trinajstić information content (AvgIpc) is 2.70. The fourth-order valence-electron chi connectivity index (χ4n) is 3.46. The van der Waals surface area contributed by atoms with Crippen molar-refractivity contribution in [3.63, 3.8) is 0 Å². The van der Waals surface area contributed by atoms with Crippen LogP contribution in [0.2, 0.25) is 0 Å². The summed E-state index contributed by atoms with van der Waals surface area (Å²) in [7, 11) is -2.26. The molecular weight excluding hydrogens is 376 g/mol. The standard InChI is InChI=1S/C21H26N2O4S/c1-15-6-3-4-9-20(15)22-21(24)16-7-5-8-19(14-16)28(25,26)23-17-10-12-18(27-2)13-11-17/h5,7-8,10-15,20,23H,3-4,6,9H2,1-2H3,(H,22,24)/t15-,20+/m1/s1. The van der Waals surface area contributed by atoms with E-state index in [1.165, 1.54) is 18.6 Å². The molecule has 1 saturated carbocycles. The third-order valence-corrected chi connectivity index (χ3v) is 6.56. The topological polar surface area (TPSA) is 84.5 Å². The van der Waals surface area contributed by atoms with Crippen LogP contribution in [0.15, 0.2) is 53.4 Å². The molecule has 0 radical (unpaired) electrons. The summed E-state index contributed by atoms with van der Waals surface area (Å²) >= 11 is 0. The maximum atomic E-state index is 12.7. The van der Waals surface area contributed by atoms with Crippen LogP contribution in [0.4, 0.5) is 5.69 Å². The van der Waals surface area contributed by atoms with E-state index in [1.54, 1.807) is 43.5 Å². The fourth-order valence-corrected chi connectivity index (χ4v) is 4.56. The molecule has 0 aliphatic heterocycles. The number of methoxy groups -OCH3 is 1. The first-order chi connectivity index (χ1) is 13.4. The van der Waals surface area contributed by atoms with Gasteiger partial charge in [0.05, 0.1) is 12.0 Å². The third kappa shape index (κ3) is 4.84. The average molecular weight is 403 g/mol. The van der Waals surface area contributed by atoms with Gasteiger partial charge < -0.3 is 10.1 Å². The number of carbonyl (C=O) groups excluding carboxylic acids is 1. The van der Waals surface area contributed by atoms with E-state index in [9.17, 15) is 13.2 Å². The van der Waals surface area contributed by atoms with E-state index in [0.717, 1.165) is 19.3 Å². The van der Waals surface area contributed by atoms with E-state index in [4.69, 9.17) is 4.74 Å². The van der Waals surface area contributed by atoms with Crippen LogP contribution in [0.5, 0.6) is 5.75 Å². The number of hydrogen-bond donors (Lipinski definition) is 2. The molecular formula is C21H26N2O4S. The molecule has 150 valence electrons. The lowest BCUT2D eigenvalue weighted by atomic mass is 9.86. The van der Waals surface area contributed by atoms with E-state index < -0.39 is 10.0 Å². The zero-order valence-corrected chi connectivity index (χ0v) is 17.0. The van der Waals surface area contributed by atoms with Crippen LogP contribution < -0.4 is 14.8 Å². The van der Waals surface area contributed by atoms with E-state index in [0.29, 0.717) is 22.9 Å². The minimum Gasteiger partial charge on any atom is -0.497 e. The Hall–Kier alpha value is -2.54. The molecule has 0 heterocycles. The van der Waals surface area contributed by atoms with Gasteiger partial charge in [0.25, 0.3) is 15.9 Å². The van der Waals surface area contributed by atoms with Gasteiger partial charge in [-0.15, -0.1) is 0 Å². The van der Waals surface area contributed by atoms with Crippen molar-refractivity contribution in [2.75, 3.05) is 11.8 Å². The van der Waals surface area contributed by atoms with Gasteiger partial charge in [-0.25, -0.2) is 8.42 Å². The Morgan fingerprint density at radius 3 is 2.46 bits per heavy atom. The Morgan fingerprint density at radius 1 is 1.07 bits per heavy atom. The molecule has 6 nitrogen and oxygen atoms in total. The molecule has 1 amide bonds. The van der Waals surface area contributed by atoms with E-state index >= 15 is 0 Å². The molecule has 2 N–H and O–H groups in total. The van der Waals surface area contributed by atoms with Gasteiger partial charge in [0.15, 0.2) is 0 Å². The monoisotopic (exact) mass is 402 g/mol. The van der Waals surface area contributed by atoms with Crippen molar-refractivity contribution in [3.8, 4) is 5.75 Å². The van der Waals surface area contributed by atoms with Crippen LogP contribution in [-0.2, 0) is 10.0 Å². The number of benzene rings is 2. The quantitative estimate of drug-likeness (QED) is 0.770. The smallest absolute Gasteiger partial charge is 0.261 e. The molecule has 2 atom stereocenters. The van der Waals surface area contributed by atoms with Crippen LogP contribution in [0, 0.1) is 5.92 Å². The number of nitrogens with one attached hydrogen (secondary N) is 2. The van der Waals surface area contributed by atoms with Gasteiger partial charge in [-0.1, -0.05) is 25.8 Å². The Labute approximate surface area is 166 Å². The van der Waals surface area contributed by atoms with E-state index in [-0.39, 0.29) is 16.8 Å². The third-order valence-electron chi connectivity index (χ3n) is 5.18. The summed E-state index contributed by atoms with van der Waals surface area (Å²) in [6, 6.07) is 12.8. The summed E-state index contributed by atoms with van der Waals surface area (Å²) in [6.45, 7) is 2.14. The van der Waals surface area contributed by atoms with Gasteiger partial charge in [-0.3, -0.25) is 9.52 Å². The van der Waals surface area contributed by atoms with Gasteiger partial charge in [0, 0.05) is 17.3 Å². The minimum atomic E-state index is -3.80. The van der Waals surface area contributed by atoms with Crippen molar-refractivity contribution in [2.24, 2.45) is 5.92 Å². The molecule has 1 fully saturated rings. The predicted molar refractivity (Wildman–Crippen MR) is 109 cm³/mol. The predicted octanol–water partition coefficient (Wildman–Crippen LogP) is 3.80. The van der Waals surface area contributed by atoms with Crippen molar-refractivity contribution in [1.82, 2.24) is 5.32 Å². The van der Waals surface area contributed by atoms with Gasteiger partial charge in [-0.05, 0) is 61.2 Å². The normalized spacial score (nSPS) is 19.6. The van der Waals surface area contributed by atoms with Crippen molar-refractivity contribution >= 4 is 21.6 Å². The number of hydrogen-bond acceptors (Lipinski definition) is 4. The minimum absolute atomic E-state index is 0.0488. The number of rotatable bonds is 6. The maximum absolute atomic E-state index is 12.7. The highest BCUT2D eigenvalue weighted by Gasteiger charge is 2.24. The molecule has 0 unspecified atom stereocenters. The first-order valence-electron chi connectivity index (χ1n) is 9.47. The molecule has 0 aromatic heterocycles. The number of anilines is 1. The lowest BCUT2D eigenvalue weighted by Gasteiger charge is -2.29. The number of amides is 1. The molecule has 2 aromatic rings.